The Bertz CT molecular complexity index is 1080. The second-order valence-electron chi connectivity index (χ2n) is 10.4. The molecular formula is C27H37N5O3. The van der Waals surface area contributed by atoms with Crippen molar-refractivity contribution in [2.75, 3.05) is 33.2 Å². The number of aromatic nitrogens is 1. The van der Waals surface area contributed by atoms with Gasteiger partial charge < -0.3 is 20.1 Å². The number of hydrogen-bond acceptors (Lipinski definition) is 4. The number of nitrogens with one attached hydrogen (secondary N) is 2. The van der Waals surface area contributed by atoms with Gasteiger partial charge in [-0.05, 0) is 69.2 Å². The van der Waals surface area contributed by atoms with Gasteiger partial charge in [-0.25, -0.2) is 4.79 Å². The van der Waals surface area contributed by atoms with E-state index in [0.29, 0.717) is 31.3 Å². The number of H-pyrrole nitrogens is 1. The van der Waals surface area contributed by atoms with E-state index in [1.165, 1.54) is 50.1 Å². The Kier molecular flexibility index (Phi) is 7.09. The Morgan fingerprint density at radius 3 is 2.83 bits per heavy atom. The third kappa shape index (κ3) is 5.08. The number of benzene rings is 1. The predicted octanol–water partition coefficient (Wildman–Crippen LogP) is 3.13. The van der Waals surface area contributed by atoms with Crippen molar-refractivity contribution < 1.29 is 14.4 Å². The van der Waals surface area contributed by atoms with E-state index in [1.807, 2.05) is 42.4 Å². The molecule has 1 aromatic carbocycles. The van der Waals surface area contributed by atoms with Crippen LogP contribution in [-0.2, 0) is 16.0 Å². The zero-order valence-corrected chi connectivity index (χ0v) is 20.7. The number of amides is 4. The average molecular weight is 480 g/mol. The van der Waals surface area contributed by atoms with Gasteiger partial charge in [-0.1, -0.05) is 24.6 Å². The van der Waals surface area contributed by atoms with Crippen LogP contribution in [0.3, 0.4) is 0 Å². The molecule has 188 valence electrons. The van der Waals surface area contributed by atoms with Gasteiger partial charge in [0.1, 0.15) is 6.04 Å². The molecule has 8 heteroatoms. The van der Waals surface area contributed by atoms with Crippen LogP contribution in [0.2, 0.25) is 0 Å². The summed E-state index contributed by atoms with van der Waals surface area (Å²) in [6.45, 7) is 3.50. The van der Waals surface area contributed by atoms with E-state index in [-0.39, 0.29) is 24.3 Å². The van der Waals surface area contributed by atoms with Gasteiger partial charge in [-0.15, -0.1) is 0 Å². The summed E-state index contributed by atoms with van der Waals surface area (Å²) in [5.41, 5.74) is 2.13. The SMILES string of the molecule is CN(C[C@@H]1CCCN2CCCC[C@@H]12)C(=O)CC[C@H]1NC(=O)N(CCc2c[nH]c3ccccc23)C1=O. The molecule has 0 saturated carbocycles. The van der Waals surface area contributed by atoms with Gasteiger partial charge in [0.05, 0.1) is 0 Å². The lowest BCUT2D eigenvalue weighted by Crippen LogP contribution is -2.51. The number of carbonyl (C=O) groups excluding carboxylic acids is 3. The Morgan fingerprint density at radius 2 is 1.94 bits per heavy atom. The van der Waals surface area contributed by atoms with Gasteiger partial charge in [0, 0.05) is 49.7 Å². The molecule has 0 aliphatic carbocycles. The van der Waals surface area contributed by atoms with Crippen LogP contribution >= 0.6 is 0 Å². The topological polar surface area (TPSA) is 88.8 Å². The van der Waals surface area contributed by atoms with Crippen LogP contribution < -0.4 is 5.32 Å². The lowest BCUT2D eigenvalue weighted by atomic mass is 9.83. The zero-order valence-electron chi connectivity index (χ0n) is 20.7. The van der Waals surface area contributed by atoms with Gasteiger partial charge in [0.25, 0.3) is 5.91 Å². The van der Waals surface area contributed by atoms with Crippen LogP contribution in [0, 0.1) is 5.92 Å². The second kappa shape index (κ2) is 10.4. The smallest absolute Gasteiger partial charge is 0.324 e. The van der Waals surface area contributed by atoms with Crippen molar-refractivity contribution >= 4 is 28.7 Å². The van der Waals surface area contributed by atoms with Gasteiger partial charge >= 0.3 is 6.03 Å². The molecule has 3 aliphatic heterocycles. The van der Waals surface area contributed by atoms with Gasteiger partial charge in [-0.3, -0.25) is 14.5 Å². The normalized spacial score (nSPS) is 25.1. The minimum absolute atomic E-state index is 0.0530. The van der Waals surface area contributed by atoms with Crippen molar-refractivity contribution in [3.05, 3.63) is 36.0 Å². The monoisotopic (exact) mass is 479 g/mol. The molecule has 1 aromatic heterocycles. The standard InChI is InChI=1S/C27H37N5O3/c1-30(18-20-7-6-15-31-14-5-4-10-24(20)31)25(33)12-11-23-26(34)32(27(35)29-23)16-13-19-17-28-22-9-3-2-8-21(19)22/h2-3,8-9,17,20,23-24,28H,4-7,10-16,18H2,1H3,(H,29,35)/t20-,23+,24-/m0/s1. The maximum Gasteiger partial charge on any atom is 0.324 e. The highest BCUT2D eigenvalue weighted by molar-refractivity contribution is 6.04. The molecule has 8 nitrogen and oxygen atoms in total. The Balaban J connectivity index is 1.10. The third-order valence-electron chi connectivity index (χ3n) is 8.20. The molecule has 4 heterocycles. The molecule has 0 radical (unpaired) electrons. The lowest BCUT2D eigenvalue weighted by Gasteiger charge is -2.45. The molecule has 2 N–H and O–H groups in total. The number of para-hydroxylation sites is 1. The quantitative estimate of drug-likeness (QED) is 0.570. The summed E-state index contributed by atoms with van der Waals surface area (Å²) in [6, 6.07) is 7.63. The fraction of sp³-hybridized carbons (Fsp3) is 0.593. The fourth-order valence-electron chi connectivity index (χ4n) is 6.26. The van der Waals surface area contributed by atoms with Crippen molar-refractivity contribution in [3.8, 4) is 0 Å². The van der Waals surface area contributed by atoms with Gasteiger partial charge in [0.2, 0.25) is 5.91 Å². The summed E-state index contributed by atoms with van der Waals surface area (Å²) in [4.78, 5) is 47.3. The van der Waals surface area contributed by atoms with E-state index in [2.05, 4.69) is 15.2 Å². The van der Waals surface area contributed by atoms with Crippen LogP contribution in [0.5, 0.6) is 0 Å². The van der Waals surface area contributed by atoms with E-state index < -0.39 is 6.04 Å². The van der Waals surface area contributed by atoms with Crippen LogP contribution in [0.1, 0.15) is 50.5 Å². The van der Waals surface area contributed by atoms with Crippen molar-refractivity contribution in [2.45, 2.75) is 63.5 Å². The number of aromatic amines is 1. The van der Waals surface area contributed by atoms with Crippen LogP contribution in [-0.4, -0.2) is 82.8 Å². The summed E-state index contributed by atoms with van der Waals surface area (Å²) >= 11 is 0. The Morgan fingerprint density at radius 1 is 1.11 bits per heavy atom. The molecule has 35 heavy (non-hydrogen) atoms. The number of hydrogen-bond donors (Lipinski definition) is 2. The number of rotatable bonds is 8. The molecule has 3 saturated heterocycles. The molecule has 2 aromatic rings. The second-order valence-corrected chi connectivity index (χ2v) is 10.4. The summed E-state index contributed by atoms with van der Waals surface area (Å²) in [5, 5.41) is 3.90. The number of imide groups is 1. The van der Waals surface area contributed by atoms with Crippen LogP contribution in [0.4, 0.5) is 4.79 Å². The highest BCUT2D eigenvalue weighted by Crippen LogP contribution is 2.31. The lowest BCUT2D eigenvalue weighted by molar-refractivity contribution is -0.131. The number of nitrogens with zero attached hydrogens (tertiary/aromatic N) is 3. The first-order valence-corrected chi connectivity index (χ1v) is 13.2. The van der Waals surface area contributed by atoms with E-state index in [9.17, 15) is 14.4 Å². The van der Waals surface area contributed by atoms with Gasteiger partial charge in [0.15, 0.2) is 0 Å². The van der Waals surface area contributed by atoms with E-state index >= 15 is 0 Å². The maximum atomic E-state index is 12.9. The minimum Gasteiger partial charge on any atom is -0.361 e. The molecule has 4 amide bonds. The molecular weight excluding hydrogens is 442 g/mol. The van der Waals surface area contributed by atoms with Crippen molar-refractivity contribution in [1.29, 1.82) is 0 Å². The maximum absolute atomic E-state index is 12.9. The molecule has 3 atom stereocenters. The highest BCUT2D eigenvalue weighted by Gasteiger charge is 2.38. The van der Waals surface area contributed by atoms with Crippen LogP contribution in [0.15, 0.2) is 30.5 Å². The minimum atomic E-state index is -0.619. The van der Waals surface area contributed by atoms with Crippen molar-refractivity contribution in [3.63, 3.8) is 0 Å². The van der Waals surface area contributed by atoms with E-state index in [0.717, 1.165) is 23.0 Å². The third-order valence-corrected chi connectivity index (χ3v) is 8.20. The first kappa shape index (κ1) is 23.9. The summed E-state index contributed by atoms with van der Waals surface area (Å²) in [5.74, 6) is 0.360. The Hall–Kier alpha value is -2.87. The fourth-order valence-corrected chi connectivity index (χ4v) is 6.26. The zero-order chi connectivity index (χ0) is 24.4. The Labute approximate surface area is 207 Å². The van der Waals surface area contributed by atoms with Crippen molar-refractivity contribution in [1.82, 2.24) is 25.0 Å². The largest absolute Gasteiger partial charge is 0.361 e. The average Bonchev–Trinajstić information content (AvgIpc) is 3.41. The number of urea groups is 1. The number of carbonyl (C=O) groups is 3. The summed E-state index contributed by atoms with van der Waals surface area (Å²) in [7, 11) is 1.88. The molecule has 3 aliphatic rings. The predicted molar refractivity (Wildman–Crippen MR) is 135 cm³/mol. The van der Waals surface area contributed by atoms with Crippen molar-refractivity contribution in [2.24, 2.45) is 5.92 Å². The molecule has 5 rings (SSSR count). The molecule has 0 spiro atoms. The van der Waals surface area contributed by atoms with E-state index in [4.69, 9.17) is 0 Å². The van der Waals surface area contributed by atoms with E-state index in [1.54, 1.807) is 0 Å². The molecule has 0 unspecified atom stereocenters. The molecule has 0 bridgehead atoms. The number of piperidine rings is 2. The summed E-state index contributed by atoms with van der Waals surface area (Å²) in [6.07, 6.45) is 9.35. The summed E-state index contributed by atoms with van der Waals surface area (Å²) < 4.78 is 0. The molecule has 3 fully saturated rings. The first-order chi connectivity index (χ1) is 17.0. The first-order valence-electron chi connectivity index (χ1n) is 13.2. The van der Waals surface area contributed by atoms with Crippen LogP contribution in [0.25, 0.3) is 10.9 Å². The number of fused-ring (bicyclic) bond motifs is 2. The highest BCUT2D eigenvalue weighted by atomic mass is 16.2. The van der Waals surface area contributed by atoms with Gasteiger partial charge in [-0.2, -0.15) is 0 Å².